The van der Waals surface area contributed by atoms with E-state index in [0.717, 1.165) is 17.1 Å². The second-order valence-corrected chi connectivity index (χ2v) is 6.45. The molecule has 3 heteroatoms. The summed E-state index contributed by atoms with van der Waals surface area (Å²) in [5.41, 5.74) is 9.71. The topological polar surface area (TPSA) is 38.9 Å². The normalized spacial score (nSPS) is 14.5. The molecule has 1 aromatic heterocycles. The summed E-state index contributed by atoms with van der Waals surface area (Å²) in [6, 6.07) is 8.32. The molecule has 1 atom stereocenters. The maximum absolute atomic E-state index is 6.50. The van der Waals surface area contributed by atoms with Crippen molar-refractivity contribution in [2.45, 2.75) is 39.7 Å². The summed E-state index contributed by atoms with van der Waals surface area (Å²) in [7, 11) is 0. The van der Waals surface area contributed by atoms with Gasteiger partial charge in [-0.15, -0.1) is 11.3 Å². The number of nitrogens with two attached hydrogens (primary N) is 1. The van der Waals surface area contributed by atoms with Gasteiger partial charge in [0.15, 0.2) is 0 Å². The zero-order valence-corrected chi connectivity index (χ0v) is 12.3. The van der Waals surface area contributed by atoms with E-state index in [0.29, 0.717) is 0 Å². The summed E-state index contributed by atoms with van der Waals surface area (Å²) in [4.78, 5) is 5.87. The monoisotopic (exact) mass is 260 g/mol. The summed E-state index contributed by atoms with van der Waals surface area (Å²) in [5, 5.41) is 1.12. The van der Waals surface area contributed by atoms with Crippen molar-refractivity contribution in [1.82, 2.24) is 4.98 Å². The van der Waals surface area contributed by atoms with E-state index in [1.165, 1.54) is 16.0 Å². The lowest BCUT2D eigenvalue weighted by molar-refractivity contribution is 0.487. The summed E-state index contributed by atoms with van der Waals surface area (Å²) in [5.74, 6) is 0. The van der Waals surface area contributed by atoms with E-state index < -0.39 is 0 Å². The van der Waals surface area contributed by atoms with Crippen molar-refractivity contribution in [2.75, 3.05) is 0 Å². The van der Waals surface area contributed by atoms with Crippen LogP contribution in [0.2, 0.25) is 0 Å². The average Bonchev–Trinajstić information content (AvgIpc) is 2.57. The summed E-state index contributed by atoms with van der Waals surface area (Å²) < 4.78 is 0. The lowest BCUT2D eigenvalue weighted by atomic mass is 9.87. The van der Waals surface area contributed by atoms with Crippen LogP contribution in [0.5, 0.6) is 0 Å². The van der Waals surface area contributed by atoms with Crippen LogP contribution in [0, 0.1) is 20.8 Å². The van der Waals surface area contributed by atoms with Crippen LogP contribution in [0.1, 0.15) is 33.6 Å². The van der Waals surface area contributed by atoms with Crippen LogP contribution in [-0.2, 0) is 12.0 Å². The third-order valence-corrected chi connectivity index (χ3v) is 4.42. The summed E-state index contributed by atoms with van der Waals surface area (Å²) in [6.07, 6.45) is 0.789. The van der Waals surface area contributed by atoms with E-state index >= 15 is 0 Å². The van der Waals surface area contributed by atoms with Gasteiger partial charge in [-0.1, -0.05) is 24.3 Å². The molecule has 0 saturated heterocycles. The quantitative estimate of drug-likeness (QED) is 0.917. The van der Waals surface area contributed by atoms with Crippen LogP contribution in [0.3, 0.4) is 0 Å². The highest BCUT2D eigenvalue weighted by atomic mass is 32.1. The van der Waals surface area contributed by atoms with Gasteiger partial charge in [0.25, 0.3) is 0 Å². The molecule has 0 saturated carbocycles. The molecule has 0 aliphatic carbocycles. The maximum atomic E-state index is 6.50. The van der Waals surface area contributed by atoms with Crippen molar-refractivity contribution < 1.29 is 0 Å². The van der Waals surface area contributed by atoms with Crippen LogP contribution in [0.25, 0.3) is 0 Å². The van der Waals surface area contributed by atoms with Crippen LogP contribution in [-0.4, -0.2) is 4.98 Å². The maximum Gasteiger partial charge on any atom is 0.0952 e. The van der Waals surface area contributed by atoms with Gasteiger partial charge in [-0.2, -0.15) is 0 Å². The molecule has 0 spiro atoms. The first kappa shape index (κ1) is 13.2. The fourth-order valence-electron chi connectivity index (χ4n) is 2.24. The van der Waals surface area contributed by atoms with Crippen molar-refractivity contribution in [2.24, 2.45) is 5.73 Å². The number of nitrogens with zero attached hydrogens (tertiary/aromatic N) is 1. The van der Waals surface area contributed by atoms with Gasteiger partial charge in [-0.05, 0) is 38.8 Å². The van der Waals surface area contributed by atoms with Gasteiger partial charge >= 0.3 is 0 Å². The van der Waals surface area contributed by atoms with Gasteiger partial charge in [0.1, 0.15) is 0 Å². The van der Waals surface area contributed by atoms with Crippen molar-refractivity contribution in [3.05, 3.63) is 51.0 Å². The highest BCUT2D eigenvalue weighted by Gasteiger charge is 2.25. The number of aromatic nitrogens is 1. The predicted molar refractivity (Wildman–Crippen MR) is 78.0 cm³/mol. The minimum absolute atomic E-state index is 0.359. The van der Waals surface area contributed by atoms with Crippen molar-refractivity contribution in [3.63, 3.8) is 0 Å². The molecule has 2 aromatic rings. The van der Waals surface area contributed by atoms with E-state index in [2.05, 4.69) is 44.8 Å². The standard InChI is InChI=1S/C15H20N2S/c1-10-7-5-6-8-13(10)15(4,16)9-14-17-11(2)12(3)18-14/h5-8H,9,16H2,1-4H3. The van der Waals surface area contributed by atoms with Crippen molar-refractivity contribution in [1.29, 1.82) is 0 Å². The minimum Gasteiger partial charge on any atom is -0.321 e. The second kappa shape index (κ2) is 4.82. The van der Waals surface area contributed by atoms with Crippen molar-refractivity contribution >= 4 is 11.3 Å². The van der Waals surface area contributed by atoms with Crippen LogP contribution < -0.4 is 5.73 Å². The van der Waals surface area contributed by atoms with Gasteiger partial charge in [0.05, 0.1) is 10.7 Å². The number of thiazole rings is 1. The Hall–Kier alpha value is -1.19. The fraction of sp³-hybridized carbons (Fsp3) is 0.400. The molecule has 0 fully saturated rings. The largest absolute Gasteiger partial charge is 0.321 e. The van der Waals surface area contributed by atoms with E-state index in [4.69, 9.17) is 5.73 Å². The highest BCUT2D eigenvalue weighted by molar-refractivity contribution is 7.11. The SMILES string of the molecule is Cc1ccccc1C(C)(N)Cc1nc(C)c(C)s1. The smallest absolute Gasteiger partial charge is 0.0952 e. The highest BCUT2D eigenvalue weighted by Crippen LogP contribution is 2.28. The van der Waals surface area contributed by atoms with E-state index in [1.807, 2.05) is 12.1 Å². The number of rotatable bonds is 3. The molecule has 1 aromatic carbocycles. The lowest BCUT2D eigenvalue weighted by Crippen LogP contribution is -2.36. The second-order valence-electron chi connectivity index (χ2n) is 5.16. The Kier molecular flexibility index (Phi) is 3.55. The first-order valence-corrected chi connectivity index (χ1v) is 7.00. The Morgan fingerprint density at radius 2 is 1.89 bits per heavy atom. The molecule has 0 amide bonds. The Morgan fingerprint density at radius 3 is 2.44 bits per heavy atom. The predicted octanol–water partition coefficient (Wildman–Crippen LogP) is 3.48. The molecular weight excluding hydrogens is 240 g/mol. The number of hydrogen-bond donors (Lipinski definition) is 1. The number of aryl methyl sites for hydroxylation is 3. The molecule has 2 N–H and O–H groups in total. The molecule has 96 valence electrons. The molecule has 18 heavy (non-hydrogen) atoms. The molecule has 1 heterocycles. The zero-order chi connectivity index (χ0) is 13.3. The van der Waals surface area contributed by atoms with Gasteiger partial charge in [0.2, 0.25) is 0 Å². The van der Waals surface area contributed by atoms with Crippen molar-refractivity contribution in [3.8, 4) is 0 Å². The molecule has 2 nitrogen and oxygen atoms in total. The van der Waals surface area contributed by atoms with Crippen LogP contribution >= 0.6 is 11.3 Å². The van der Waals surface area contributed by atoms with Crippen LogP contribution in [0.15, 0.2) is 24.3 Å². The summed E-state index contributed by atoms with van der Waals surface area (Å²) >= 11 is 1.75. The minimum atomic E-state index is -0.359. The molecule has 0 bridgehead atoms. The molecule has 0 aliphatic heterocycles. The van der Waals surface area contributed by atoms with Gasteiger partial charge in [-0.3, -0.25) is 0 Å². The third kappa shape index (κ3) is 2.62. The first-order chi connectivity index (χ1) is 8.40. The van der Waals surface area contributed by atoms with E-state index in [1.54, 1.807) is 11.3 Å². The van der Waals surface area contributed by atoms with Gasteiger partial charge in [0, 0.05) is 16.8 Å². The lowest BCUT2D eigenvalue weighted by Gasteiger charge is -2.26. The third-order valence-electron chi connectivity index (χ3n) is 3.35. The molecule has 0 aliphatic rings. The number of benzene rings is 1. The number of hydrogen-bond acceptors (Lipinski definition) is 3. The molecular formula is C15H20N2S. The van der Waals surface area contributed by atoms with Gasteiger partial charge in [-0.25, -0.2) is 4.98 Å². The zero-order valence-electron chi connectivity index (χ0n) is 11.4. The van der Waals surface area contributed by atoms with E-state index in [-0.39, 0.29) is 5.54 Å². The average molecular weight is 260 g/mol. The Bertz CT molecular complexity index is 536. The van der Waals surface area contributed by atoms with E-state index in [9.17, 15) is 0 Å². The van der Waals surface area contributed by atoms with Gasteiger partial charge < -0.3 is 5.73 Å². The molecule has 1 unspecified atom stereocenters. The Labute approximate surface area is 113 Å². The first-order valence-electron chi connectivity index (χ1n) is 6.18. The van der Waals surface area contributed by atoms with Crippen LogP contribution in [0.4, 0.5) is 0 Å². The Balaban J connectivity index is 2.29. The molecule has 2 rings (SSSR count). The summed E-state index contributed by atoms with van der Waals surface area (Å²) in [6.45, 7) is 8.36. The molecule has 0 radical (unpaired) electrons. The fourth-order valence-corrected chi connectivity index (χ4v) is 3.34. The Morgan fingerprint density at radius 1 is 1.22 bits per heavy atom.